The van der Waals surface area contributed by atoms with Crippen molar-refractivity contribution in [2.45, 2.75) is 68.8 Å². The van der Waals surface area contributed by atoms with Crippen LogP contribution in [0.25, 0.3) is 0 Å². The molecule has 5 rings (SSSR count). The van der Waals surface area contributed by atoms with E-state index in [1.54, 1.807) is 18.2 Å². The molecule has 186 valence electrons. The van der Waals surface area contributed by atoms with E-state index in [0.717, 1.165) is 59.6 Å². The second-order valence-corrected chi connectivity index (χ2v) is 12.2. The van der Waals surface area contributed by atoms with Crippen molar-refractivity contribution < 1.29 is 18.0 Å². The highest BCUT2D eigenvalue weighted by molar-refractivity contribution is 7.89. The maximum atomic E-state index is 13.3. The van der Waals surface area contributed by atoms with Gasteiger partial charge in [0.05, 0.1) is 17.5 Å². The monoisotopic (exact) mass is 495 g/mol. The standard InChI is InChI=1S/C27H33N3O4S/c1-18-15-21-16-22(13-14-25(21)30(18)27(32)20-9-5-10-20)35(33,34)29(2)17-26(31)28-24-12-6-8-19-7-3-4-11-23(19)24/h3-4,7,11,13-14,16,18,20,24H,5-6,8-10,12,15,17H2,1-2H3,(H,28,31)/t18-,24+/m1/s1. The third-order valence-electron chi connectivity index (χ3n) is 7.74. The van der Waals surface area contributed by atoms with E-state index in [-0.39, 0.29) is 41.3 Å². The molecule has 0 unspecified atom stereocenters. The molecule has 7 nitrogen and oxygen atoms in total. The van der Waals surface area contributed by atoms with Gasteiger partial charge in [0.25, 0.3) is 0 Å². The number of likely N-dealkylation sites (N-methyl/N-ethyl adjacent to an activating group) is 1. The molecule has 0 radical (unpaired) electrons. The average molecular weight is 496 g/mol. The second kappa shape index (κ2) is 9.39. The smallest absolute Gasteiger partial charge is 0.243 e. The number of benzene rings is 2. The maximum absolute atomic E-state index is 13.3. The van der Waals surface area contributed by atoms with Gasteiger partial charge in [0.15, 0.2) is 0 Å². The van der Waals surface area contributed by atoms with E-state index < -0.39 is 10.0 Å². The Morgan fingerprint density at radius 1 is 1.06 bits per heavy atom. The summed E-state index contributed by atoms with van der Waals surface area (Å²) in [5.74, 6) is -0.0754. The van der Waals surface area contributed by atoms with Crippen molar-refractivity contribution >= 4 is 27.5 Å². The number of nitrogens with zero attached hydrogens (tertiary/aromatic N) is 2. The van der Waals surface area contributed by atoms with Crippen molar-refractivity contribution in [2.24, 2.45) is 5.92 Å². The van der Waals surface area contributed by atoms with E-state index in [9.17, 15) is 18.0 Å². The van der Waals surface area contributed by atoms with Crippen LogP contribution in [0.15, 0.2) is 47.4 Å². The van der Waals surface area contributed by atoms with Gasteiger partial charge in [0.1, 0.15) is 0 Å². The molecule has 1 aliphatic heterocycles. The fourth-order valence-corrected chi connectivity index (χ4v) is 6.74. The first kappa shape index (κ1) is 24.0. The molecule has 1 heterocycles. The van der Waals surface area contributed by atoms with Crippen molar-refractivity contribution in [2.75, 3.05) is 18.5 Å². The van der Waals surface area contributed by atoms with Crippen molar-refractivity contribution in [1.82, 2.24) is 9.62 Å². The van der Waals surface area contributed by atoms with Gasteiger partial charge in [0, 0.05) is 24.7 Å². The first-order valence-corrected chi connectivity index (χ1v) is 14.0. The number of anilines is 1. The first-order valence-electron chi connectivity index (χ1n) is 12.5. The molecule has 0 bridgehead atoms. The molecule has 2 amide bonds. The molecule has 2 aliphatic carbocycles. The molecule has 0 aromatic heterocycles. The molecule has 3 aliphatic rings. The molecule has 2 atom stereocenters. The van der Waals surface area contributed by atoms with Crippen molar-refractivity contribution in [3.8, 4) is 0 Å². The lowest BCUT2D eigenvalue weighted by molar-refractivity contribution is -0.125. The molecule has 2 aromatic carbocycles. The van der Waals surface area contributed by atoms with Gasteiger partial charge in [-0.05, 0) is 80.3 Å². The summed E-state index contributed by atoms with van der Waals surface area (Å²) >= 11 is 0. The van der Waals surface area contributed by atoms with Crippen LogP contribution in [-0.2, 0) is 32.5 Å². The van der Waals surface area contributed by atoms with Crippen LogP contribution in [0.4, 0.5) is 5.69 Å². The van der Waals surface area contributed by atoms with Crippen LogP contribution < -0.4 is 10.2 Å². The summed E-state index contributed by atoms with van der Waals surface area (Å²) in [5, 5.41) is 3.03. The Morgan fingerprint density at radius 3 is 2.57 bits per heavy atom. The van der Waals surface area contributed by atoms with Gasteiger partial charge in [-0.15, -0.1) is 0 Å². The van der Waals surface area contributed by atoms with Crippen LogP contribution in [0.2, 0.25) is 0 Å². The Hall–Kier alpha value is -2.71. The maximum Gasteiger partial charge on any atom is 0.243 e. The van der Waals surface area contributed by atoms with E-state index in [1.165, 1.54) is 12.6 Å². The summed E-state index contributed by atoms with van der Waals surface area (Å²) in [5.41, 5.74) is 4.03. The number of aryl methyl sites for hydroxylation is 1. The van der Waals surface area contributed by atoms with Gasteiger partial charge in [0.2, 0.25) is 21.8 Å². The number of nitrogens with one attached hydrogen (secondary N) is 1. The summed E-state index contributed by atoms with van der Waals surface area (Å²) in [7, 11) is -2.42. The molecule has 35 heavy (non-hydrogen) atoms. The molecule has 8 heteroatoms. The van der Waals surface area contributed by atoms with Crippen LogP contribution in [0.1, 0.15) is 61.8 Å². The molecular formula is C27H33N3O4S. The fraction of sp³-hybridized carbons (Fsp3) is 0.481. The number of rotatable bonds is 6. The van der Waals surface area contributed by atoms with Crippen LogP contribution in [0, 0.1) is 5.92 Å². The summed E-state index contributed by atoms with van der Waals surface area (Å²) < 4.78 is 27.7. The van der Waals surface area contributed by atoms with E-state index in [0.29, 0.717) is 6.42 Å². The van der Waals surface area contributed by atoms with E-state index in [2.05, 4.69) is 11.4 Å². The zero-order chi connectivity index (χ0) is 24.7. The summed E-state index contributed by atoms with van der Waals surface area (Å²) in [6.45, 7) is 1.76. The highest BCUT2D eigenvalue weighted by Crippen LogP contribution is 2.38. The van der Waals surface area contributed by atoms with Crippen molar-refractivity contribution in [3.63, 3.8) is 0 Å². The van der Waals surface area contributed by atoms with Gasteiger partial charge in [-0.1, -0.05) is 30.7 Å². The number of carbonyl (C=O) groups excluding carboxylic acids is 2. The van der Waals surface area contributed by atoms with Gasteiger partial charge < -0.3 is 10.2 Å². The quantitative estimate of drug-likeness (QED) is 0.664. The molecule has 1 N–H and O–H groups in total. The van der Waals surface area contributed by atoms with Crippen molar-refractivity contribution in [3.05, 3.63) is 59.2 Å². The number of carbonyl (C=O) groups is 2. The Morgan fingerprint density at radius 2 is 1.83 bits per heavy atom. The SMILES string of the molecule is C[C@@H]1Cc2cc(S(=O)(=O)N(C)CC(=O)N[C@H]3CCCc4ccccc43)ccc2N1C(=O)C1CCC1. The lowest BCUT2D eigenvalue weighted by Gasteiger charge is -2.32. The minimum atomic E-state index is -3.85. The minimum Gasteiger partial charge on any atom is -0.348 e. The van der Waals surface area contributed by atoms with Gasteiger partial charge in [-0.3, -0.25) is 9.59 Å². The Labute approximate surface area is 207 Å². The minimum absolute atomic E-state index is 0.0120. The van der Waals surface area contributed by atoms with E-state index in [4.69, 9.17) is 0 Å². The highest BCUT2D eigenvalue weighted by atomic mass is 32.2. The normalized spacial score (nSPS) is 21.9. The zero-order valence-electron chi connectivity index (χ0n) is 20.4. The highest BCUT2D eigenvalue weighted by Gasteiger charge is 2.38. The Kier molecular flexibility index (Phi) is 6.44. The largest absolute Gasteiger partial charge is 0.348 e. The molecule has 1 saturated carbocycles. The topological polar surface area (TPSA) is 86.8 Å². The first-order chi connectivity index (χ1) is 16.8. The van der Waals surface area contributed by atoms with Crippen LogP contribution in [0.3, 0.4) is 0 Å². The predicted molar refractivity (Wildman–Crippen MR) is 135 cm³/mol. The lowest BCUT2D eigenvalue weighted by Crippen LogP contribution is -2.42. The van der Waals surface area contributed by atoms with E-state index >= 15 is 0 Å². The second-order valence-electron chi connectivity index (χ2n) is 10.2. The number of amides is 2. The fourth-order valence-electron chi connectivity index (χ4n) is 5.57. The van der Waals surface area contributed by atoms with Crippen molar-refractivity contribution in [1.29, 1.82) is 0 Å². The summed E-state index contributed by atoms with van der Waals surface area (Å²) in [4.78, 5) is 27.7. The van der Waals surface area contributed by atoms with Gasteiger partial charge >= 0.3 is 0 Å². The Bertz CT molecular complexity index is 1250. The van der Waals surface area contributed by atoms with Gasteiger partial charge in [-0.25, -0.2) is 8.42 Å². The number of hydrogen-bond acceptors (Lipinski definition) is 4. The van der Waals surface area contributed by atoms with E-state index in [1.807, 2.05) is 30.0 Å². The molecule has 1 fully saturated rings. The van der Waals surface area contributed by atoms with Crippen LogP contribution in [0.5, 0.6) is 0 Å². The predicted octanol–water partition coefficient (Wildman–Crippen LogP) is 3.58. The summed E-state index contributed by atoms with van der Waals surface area (Å²) in [6, 6.07) is 13.0. The third kappa shape index (κ3) is 4.49. The number of fused-ring (bicyclic) bond motifs is 2. The summed E-state index contributed by atoms with van der Waals surface area (Å²) in [6.07, 6.45) is 6.42. The average Bonchev–Trinajstić information content (AvgIpc) is 3.13. The lowest BCUT2D eigenvalue weighted by atomic mass is 9.84. The number of sulfonamides is 1. The number of hydrogen-bond donors (Lipinski definition) is 1. The van der Waals surface area contributed by atoms with Crippen LogP contribution >= 0.6 is 0 Å². The third-order valence-corrected chi connectivity index (χ3v) is 9.54. The molecule has 0 spiro atoms. The molecular weight excluding hydrogens is 462 g/mol. The van der Waals surface area contributed by atoms with Gasteiger partial charge in [-0.2, -0.15) is 4.31 Å². The molecule has 2 aromatic rings. The molecule has 0 saturated heterocycles. The van der Waals surface area contributed by atoms with Crippen LogP contribution in [-0.4, -0.2) is 44.2 Å². The Balaban J connectivity index is 1.28. The zero-order valence-corrected chi connectivity index (χ0v) is 21.2.